The average Bonchev–Trinajstić information content (AvgIpc) is 3.09. The fourth-order valence-electron chi connectivity index (χ4n) is 3.24. The number of aryl methyl sites for hydroxylation is 1. The van der Waals surface area contributed by atoms with Crippen LogP contribution >= 0.6 is 11.3 Å². The molecule has 142 valence electrons. The topological polar surface area (TPSA) is 86.7 Å². The quantitative estimate of drug-likeness (QED) is 0.827. The number of hydrogen-bond donors (Lipinski definition) is 2. The summed E-state index contributed by atoms with van der Waals surface area (Å²) < 4.78 is 0. The molecule has 0 saturated carbocycles. The lowest BCUT2D eigenvalue weighted by Crippen LogP contribution is -2.46. The number of carbonyl (C=O) groups excluding carboxylic acids is 2. The van der Waals surface area contributed by atoms with Crippen molar-refractivity contribution in [1.82, 2.24) is 10.2 Å². The van der Waals surface area contributed by atoms with E-state index in [0.29, 0.717) is 36.4 Å². The lowest BCUT2D eigenvalue weighted by atomic mass is 10.0. The molecule has 1 saturated heterocycles. The molecule has 27 heavy (non-hydrogen) atoms. The van der Waals surface area contributed by atoms with E-state index in [4.69, 9.17) is 0 Å². The van der Waals surface area contributed by atoms with Crippen LogP contribution in [0.5, 0.6) is 0 Å². The molecule has 7 heteroatoms. The highest BCUT2D eigenvalue weighted by Gasteiger charge is 2.25. The normalized spacial score (nSPS) is 14.8. The van der Waals surface area contributed by atoms with Crippen molar-refractivity contribution in [1.29, 1.82) is 0 Å². The number of aromatic carboxylic acids is 1. The maximum absolute atomic E-state index is 12.5. The second-order valence-electron chi connectivity index (χ2n) is 6.68. The van der Waals surface area contributed by atoms with Crippen LogP contribution in [0.15, 0.2) is 36.4 Å². The molecule has 3 rings (SSSR count). The van der Waals surface area contributed by atoms with Crippen LogP contribution in [0.2, 0.25) is 0 Å². The number of nitrogens with one attached hydrogen (secondary N) is 1. The number of thiophene rings is 1. The van der Waals surface area contributed by atoms with E-state index in [1.807, 2.05) is 19.1 Å². The van der Waals surface area contributed by atoms with E-state index < -0.39 is 5.97 Å². The fourth-order valence-corrected chi connectivity index (χ4v) is 4.01. The Balaban J connectivity index is 1.52. The molecule has 2 heterocycles. The molecule has 0 unspecified atom stereocenters. The van der Waals surface area contributed by atoms with Crippen molar-refractivity contribution < 1.29 is 19.5 Å². The molecule has 0 atom stereocenters. The van der Waals surface area contributed by atoms with Gasteiger partial charge in [0.05, 0.1) is 16.9 Å². The Labute approximate surface area is 161 Å². The SMILES string of the molecule is Cc1ccc(C(=O)NC2CCN(C(=O)Cc3ccccc3C(=O)O)CC2)s1. The molecule has 1 aromatic carbocycles. The van der Waals surface area contributed by atoms with Crippen LogP contribution in [0.3, 0.4) is 0 Å². The van der Waals surface area contributed by atoms with Crippen molar-refractivity contribution in [2.24, 2.45) is 0 Å². The molecule has 6 nitrogen and oxygen atoms in total. The third-order valence-electron chi connectivity index (χ3n) is 4.74. The van der Waals surface area contributed by atoms with E-state index in [2.05, 4.69) is 5.32 Å². The maximum atomic E-state index is 12.5. The van der Waals surface area contributed by atoms with Gasteiger partial charge < -0.3 is 15.3 Å². The average molecular weight is 386 g/mol. The third kappa shape index (κ3) is 4.74. The summed E-state index contributed by atoms with van der Waals surface area (Å²) in [7, 11) is 0. The van der Waals surface area contributed by atoms with Crippen molar-refractivity contribution in [3.8, 4) is 0 Å². The van der Waals surface area contributed by atoms with Crippen molar-refractivity contribution >= 4 is 29.1 Å². The molecule has 2 amide bonds. The molecule has 1 aliphatic heterocycles. The molecule has 1 fully saturated rings. The zero-order valence-corrected chi connectivity index (χ0v) is 15.9. The minimum Gasteiger partial charge on any atom is -0.478 e. The largest absolute Gasteiger partial charge is 0.478 e. The number of benzene rings is 1. The Morgan fingerprint density at radius 3 is 2.48 bits per heavy atom. The lowest BCUT2D eigenvalue weighted by Gasteiger charge is -2.32. The second-order valence-corrected chi connectivity index (χ2v) is 7.97. The van der Waals surface area contributed by atoms with Gasteiger partial charge in [-0.1, -0.05) is 18.2 Å². The maximum Gasteiger partial charge on any atom is 0.335 e. The number of piperidine rings is 1. The van der Waals surface area contributed by atoms with Crippen molar-refractivity contribution in [3.05, 3.63) is 57.3 Å². The molecule has 1 aliphatic rings. The van der Waals surface area contributed by atoms with Gasteiger partial charge in [-0.05, 0) is 43.5 Å². The van der Waals surface area contributed by atoms with Gasteiger partial charge in [0.15, 0.2) is 0 Å². The monoisotopic (exact) mass is 386 g/mol. The Bertz CT molecular complexity index is 853. The number of amides is 2. The van der Waals surface area contributed by atoms with Crippen molar-refractivity contribution in [2.45, 2.75) is 32.2 Å². The van der Waals surface area contributed by atoms with E-state index in [-0.39, 0.29) is 29.8 Å². The first kappa shape index (κ1) is 19.1. The number of nitrogens with zero attached hydrogens (tertiary/aromatic N) is 1. The second kappa shape index (κ2) is 8.35. The smallest absolute Gasteiger partial charge is 0.335 e. The summed E-state index contributed by atoms with van der Waals surface area (Å²) in [5.74, 6) is -1.17. The first-order valence-electron chi connectivity index (χ1n) is 8.90. The third-order valence-corrected chi connectivity index (χ3v) is 5.74. The van der Waals surface area contributed by atoms with Gasteiger partial charge in [0.1, 0.15) is 0 Å². The Kier molecular flexibility index (Phi) is 5.91. The Morgan fingerprint density at radius 2 is 1.85 bits per heavy atom. The van der Waals surface area contributed by atoms with Crippen LogP contribution in [-0.2, 0) is 11.2 Å². The molecular weight excluding hydrogens is 364 g/mol. The Morgan fingerprint density at radius 1 is 1.15 bits per heavy atom. The summed E-state index contributed by atoms with van der Waals surface area (Å²) in [6, 6.07) is 10.4. The van der Waals surface area contributed by atoms with Gasteiger partial charge in [-0.2, -0.15) is 0 Å². The molecular formula is C20H22N2O4S. The van der Waals surface area contributed by atoms with Crippen molar-refractivity contribution in [3.63, 3.8) is 0 Å². The number of carbonyl (C=O) groups is 3. The van der Waals surface area contributed by atoms with E-state index in [1.165, 1.54) is 17.4 Å². The summed E-state index contributed by atoms with van der Waals surface area (Å²) in [5, 5.41) is 12.3. The van der Waals surface area contributed by atoms with Crippen LogP contribution < -0.4 is 5.32 Å². The minimum atomic E-state index is -1.02. The van der Waals surface area contributed by atoms with E-state index in [0.717, 1.165) is 4.88 Å². The van der Waals surface area contributed by atoms with Crippen LogP contribution in [0.1, 0.15) is 43.3 Å². The zero-order chi connectivity index (χ0) is 19.4. The van der Waals surface area contributed by atoms with Gasteiger partial charge in [-0.15, -0.1) is 11.3 Å². The fraction of sp³-hybridized carbons (Fsp3) is 0.350. The number of rotatable bonds is 5. The zero-order valence-electron chi connectivity index (χ0n) is 15.1. The highest BCUT2D eigenvalue weighted by molar-refractivity contribution is 7.13. The van der Waals surface area contributed by atoms with E-state index in [9.17, 15) is 19.5 Å². The molecule has 0 spiro atoms. The van der Waals surface area contributed by atoms with Gasteiger partial charge in [-0.3, -0.25) is 9.59 Å². The molecule has 0 bridgehead atoms. The first-order valence-corrected chi connectivity index (χ1v) is 9.72. The summed E-state index contributed by atoms with van der Waals surface area (Å²) in [5.41, 5.74) is 0.692. The molecule has 0 aliphatic carbocycles. The number of carboxylic acid groups (broad SMARTS) is 1. The number of hydrogen-bond acceptors (Lipinski definition) is 4. The standard InChI is InChI=1S/C20H22N2O4S/c1-13-6-7-17(27-13)19(24)21-15-8-10-22(11-9-15)18(23)12-14-4-2-3-5-16(14)20(25)26/h2-7,15H,8-12H2,1H3,(H,21,24)(H,25,26). The van der Waals surface area contributed by atoms with Gasteiger partial charge in [0.25, 0.3) is 5.91 Å². The predicted octanol–water partition coefficient (Wildman–Crippen LogP) is 2.72. The van der Waals surface area contributed by atoms with E-state index >= 15 is 0 Å². The van der Waals surface area contributed by atoms with Crippen LogP contribution in [0.25, 0.3) is 0 Å². The van der Waals surface area contributed by atoms with E-state index in [1.54, 1.807) is 23.1 Å². The predicted molar refractivity (Wildman–Crippen MR) is 103 cm³/mol. The number of carboxylic acids is 1. The van der Waals surface area contributed by atoms with Crippen molar-refractivity contribution in [2.75, 3.05) is 13.1 Å². The summed E-state index contributed by atoms with van der Waals surface area (Å²) >= 11 is 1.47. The van der Waals surface area contributed by atoms with Gasteiger partial charge in [-0.25, -0.2) is 4.79 Å². The lowest BCUT2D eigenvalue weighted by molar-refractivity contribution is -0.131. The van der Waals surface area contributed by atoms with Gasteiger partial charge in [0, 0.05) is 24.0 Å². The van der Waals surface area contributed by atoms with Crippen LogP contribution in [0, 0.1) is 6.92 Å². The molecule has 0 radical (unpaired) electrons. The highest BCUT2D eigenvalue weighted by Crippen LogP contribution is 2.18. The van der Waals surface area contributed by atoms with Crippen LogP contribution in [-0.4, -0.2) is 46.9 Å². The number of likely N-dealkylation sites (tertiary alicyclic amines) is 1. The van der Waals surface area contributed by atoms with Crippen LogP contribution in [0.4, 0.5) is 0 Å². The first-order chi connectivity index (χ1) is 12.9. The molecule has 2 aromatic rings. The van der Waals surface area contributed by atoms with Gasteiger partial charge >= 0.3 is 5.97 Å². The highest BCUT2D eigenvalue weighted by atomic mass is 32.1. The summed E-state index contributed by atoms with van der Waals surface area (Å²) in [6.07, 6.45) is 1.47. The molecule has 2 N–H and O–H groups in total. The van der Waals surface area contributed by atoms with Gasteiger partial charge in [0.2, 0.25) is 5.91 Å². The summed E-state index contributed by atoms with van der Waals surface area (Å²) in [6.45, 7) is 3.08. The molecule has 1 aromatic heterocycles. The summed E-state index contributed by atoms with van der Waals surface area (Å²) in [4.78, 5) is 39.6. The Hall–Kier alpha value is -2.67. The minimum absolute atomic E-state index is 0.0512.